The lowest BCUT2D eigenvalue weighted by Gasteiger charge is -2.06. The number of rotatable bonds is 2. The first-order valence-corrected chi connectivity index (χ1v) is 5.48. The Balaban J connectivity index is 2.22. The second-order valence-corrected chi connectivity index (χ2v) is 3.98. The highest BCUT2D eigenvalue weighted by Crippen LogP contribution is 2.16. The predicted octanol–water partition coefficient (Wildman–Crippen LogP) is 3.06. The summed E-state index contributed by atoms with van der Waals surface area (Å²) in [6.45, 7) is 3.85. The fourth-order valence-corrected chi connectivity index (χ4v) is 1.47. The summed E-state index contributed by atoms with van der Waals surface area (Å²) in [6, 6.07) is 8.06. The van der Waals surface area contributed by atoms with Crippen LogP contribution in [0.4, 0.5) is 4.39 Å². The SMILES string of the molecule is Cc1ccc(C(=O)Oc2cccnc2F)cc1C. The zero-order valence-electron chi connectivity index (χ0n) is 10.1. The van der Waals surface area contributed by atoms with E-state index in [4.69, 9.17) is 4.74 Å². The van der Waals surface area contributed by atoms with Crippen LogP contribution in [-0.4, -0.2) is 11.0 Å². The minimum Gasteiger partial charge on any atom is -0.418 e. The molecule has 1 aromatic carbocycles. The monoisotopic (exact) mass is 245 g/mol. The predicted molar refractivity (Wildman–Crippen MR) is 65.1 cm³/mol. The minimum absolute atomic E-state index is 0.166. The van der Waals surface area contributed by atoms with Gasteiger partial charge in [0.25, 0.3) is 5.95 Å². The summed E-state index contributed by atoms with van der Waals surface area (Å²) in [4.78, 5) is 15.2. The van der Waals surface area contributed by atoms with Crippen molar-refractivity contribution in [1.82, 2.24) is 4.98 Å². The number of ether oxygens (including phenoxy) is 1. The lowest BCUT2D eigenvalue weighted by atomic mass is 10.1. The first-order chi connectivity index (χ1) is 8.58. The van der Waals surface area contributed by atoms with Gasteiger partial charge in [0.2, 0.25) is 0 Å². The summed E-state index contributed by atoms with van der Waals surface area (Å²) in [5.74, 6) is -1.56. The van der Waals surface area contributed by atoms with E-state index in [1.165, 1.54) is 18.3 Å². The maximum atomic E-state index is 13.2. The molecule has 0 radical (unpaired) electrons. The summed E-state index contributed by atoms with van der Waals surface area (Å²) >= 11 is 0. The average molecular weight is 245 g/mol. The van der Waals surface area contributed by atoms with Crippen LogP contribution in [0.5, 0.6) is 5.75 Å². The molecule has 0 N–H and O–H groups in total. The van der Waals surface area contributed by atoms with Crippen LogP contribution >= 0.6 is 0 Å². The highest BCUT2D eigenvalue weighted by atomic mass is 19.1. The van der Waals surface area contributed by atoms with Crippen molar-refractivity contribution in [2.75, 3.05) is 0 Å². The summed E-state index contributed by atoms with van der Waals surface area (Å²) in [6.07, 6.45) is 1.29. The van der Waals surface area contributed by atoms with Gasteiger partial charge in [-0.15, -0.1) is 0 Å². The van der Waals surface area contributed by atoms with Gasteiger partial charge in [-0.05, 0) is 49.2 Å². The van der Waals surface area contributed by atoms with E-state index in [0.29, 0.717) is 5.56 Å². The van der Waals surface area contributed by atoms with Gasteiger partial charge in [0.05, 0.1) is 5.56 Å². The smallest absolute Gasteiger partial charge is 0.343 e. The van der Waals surface area contributed by atoms with Gasteiger partial charge in [0, 0.05) is 6.20 Å². The Morgan fingerprint density at radius 3 is 2.67 bits per heavy atom. The Labute approximate surface area is 104 Å². The number of hydrogen-bond acceptors (Lipinski definition) is 3. The van der Waals surface area contributed by atoms with Crippen LogP contribution in [0.1, 0.15) is 21.5 Å². The molecule has 0 aliphatic heterocycles. The molecular formula is C14H12FNO2. The number of benzene rings is 1. The third-order valence-corrected chi connectivity index (χ3v) is 2.67. The molecule has 92 valence electrons. The quantitative estimate of drug-likeness (QED) is 0.603. The van der Waals surface area contributed by atoms with Gasteiger partial charge in [-0.1, -0.05) is 6.07 Å². The van der Waals surface area contributed by atoms with Crippen LogP contribution in [0.3, 0.4) is 0 Å². The van der Waals surface area contributed by atoms with Crippen molar-refractivity contribution in [3.8, 4) is 5.75 Å². The topological polar surface area (TPSA) is 39.2 Å². The van der Waals surface area contributed by atoms with Gasteiger partial charge in [-0.25, -0.2) is 9.78 Å². The van der Waals surface area contributed by atoms with Crippen molar-refractivity contribution in [3.63, 3.8) is 0 Å². The molecule has 0 unspecified atom stereocenters. The number of carbonyl (C=O) groups excluding carboxylic acids is 1. The largest absolute Gasteiger partial charge is 0.418 e. The summed E-state index contributed by atoms with van der Waals surface area (Å²) in [5.41, 5.74) is 2.46. The van der Waals surface area contributed by atoms with Gasteiger partial charge in [-0.3, -0.25) is 0 Å². The Morgan fingerprint density at radius 2 is 2.00 bits per heavy atom. The van der Waals surface area contributed by atoms with Gasteiger partial charge in [0.1, 0.15) is 0 Å². The van der Waals surface area contributed by atoms with Gasteiger partial charge in [0.15, 0.2) is 5.75 Å². The molecule has 0 saturated heterocycles. The molecule has 1 heterocycles. The van der Waals surface area contributed by atoms with Crippen molar-refractivity contribution >= 4 is 5.97 Å². The van der Waals surface area contributed by atoms with Crippen LogP contribution in [0.15, 0.2) is 36.5 Å². The van der Waals surface area contributed by atoms with E-state index in [1.807, 2.05) is 19.9 Å². The number of halogens is 1. The van der Waals surface area contributed by atoms with E-state index in [-0.39, 0.29) is 5.75 Å². The molecule has 0 aliphatic rings. The molecule has 1 aromatic heterocycles. The fourth-order valence-electron chi connectivity index (χ4n) is 1.47. The lowest BCUT2D eigenvalue weighted by molar-refractivity contribution is 0.0726. The van der Waals surface area contributed by atoms with E-state index in [0.717, 1.165) is 11.1 Å². The summed E-state index contributed by atoms with van der Waals surface area (Å²) in [5, 5.41) is 0. The molecule has 3 nitrogen and oxygen atoms in total. The number of aromatic nitrogens is 1. The van der Waals surface area contributed by atoms with Gasteiger partial charge < -0.3 is 4.74 Å². The highest BCUT2D eigenvalue weighted by molar-refractivity contribution is 5.91. The Morgan fingerprint density at radius 1 is 1.22 bits per heavy atom. The molecule has 0 bridgehead atoms. The third-order valence-electron chi connectivity index (χ3n) is 2.67. The first-order valence-electron chi connectivity index (χ1n) is 5.48. The van der Waals surface area contributed by atoms with E-state index in [1.54, 1.807) is 12.1 Å². The zero-order valence-corrected chi connectivity index (χ0v) is 10.1. The molecule has 0 atom stereocenters. The number of carbonyl (C=O) groups is 1. The minimum atomic E-state index is -0.797. The van der Waals surface area contributed by atoms with Crippen molar-refractivity contribution in [2.45, 2.75) is 13.8 Å². The number of esters is 1. The number of nitrogens with zero attached hydrogens (tertiary/aromatic N) is 1. The van der Waals surface area contributed by atoms with Crippen LogP contribution in [0.25, 0.3) is 0 Å². The zero-order chi connectivity index (χ0) is 13.1. The molecule has 2 rings (SSSR count). The Kier molecular flexibility index (Phi) is 3.37. The second kappa shape index (κ2) is 4.96. The molecule has 0 spiro atoms. The second-order valence-electron chi connectivity index (χ2n) is 3.98. The van der Waals surface area contributed by atoms with Crippen molar-refractivity contribution in [3.05, 3.63) is 59.2 Å². The molecule has 0 aliphatic carbocycles. The van der Waals surface area contributed by atoms with Gasteiger partial charge in [-0.2, -0.15) is 4.39 Å². The molecule has 0 amide bonds. The van der Waals surface area contributed by atoms with E-state index >= 15 is 0 Å². The average Bonchev–Trinajstić information content (AvgIpc) is 2.35. The van der Waals surface area contributed by atoms with Gasteiger partial charge >= 0.3 is 5.97 Å². The molecule has 18 heavy (non-hydrogen) atoms. The maximum Gasteiger partial charge on any atom is 0.343 e. The van der Waals surface area contributed by atoms with Crippen molar-refractivity contribution < 1.29 is 13.9 Å². The van der Waals surface area contributed by atoms with E-state index in [9.17, 15) is 9.18 Å². The standard InChI is InChI=1S/C14H12FNO2/c1-9-5-6-11(8-10(9)2)14(17)18-12-4-3-7-16-13(12)15/h3-8H,1-2H3. The molecule has 0 fully saturated rings. The normalized spacial score (nSPS) is 10.2. The van der Waals surface area contributed by atoms with Crippen LogP contribution in [-0.2, 0) is 0 Å². The fraction of sp³-hybridized carbons (Fsp3) is 0.143. The van der Waals surface area contributed by atoms with E-state index in [2.05, 4.69) is 4.98 Å². The maximum absolute atomic E-state index is 13.2. The third kappa shape index (κ3) is 2.53. The molecule has 0 saturated carbocycles. The Hall–Kier alpha value is -2.23. The summed E-state index contributed by atoms with van der Waals surface area (Å²) < 4.78 is 18.2. The van der Waals surface area contributed by atoms with Crippen LogP contribution in [0, 0.1) is 19.8 Å². The molecule has 2 aromatic rings. The van der Waals surface area contributed by atoms with Crippen LogP contribution in [0.2, 0.25) is 0 Å². The number of pyridine rings is 1. The number of aryl methyl sites for hydroxylation is 2. The number of hydrogen-bond donors (Lipinski definition) is 0. The highest BCUT2D eigenvalue weighted by Gasteiger charge is 2.12. The lowest BCUT2D eigenvalue weighted by Crippen LogP contribution is -2.10. The Bertz CT molecular complexity index is 596. The van der Waals surface area contributed by atoms with Crippen molar-refractivity contribution in [2.24, 2.45) is 0 Å². The summed E-state index contributed by atoms with van der Waals surface area (Å²) in [7, 11) is 0. The van der Waals surface area contributed by atoms with Crippen LogP contribution < -0.4 is 4.74 Å². The van der Waals surface area contributed by atoms with E-state index < -0.39 is 11.9 Å². The molecule has 4 heteroatoms. The first kappa shape index (κ1) is 12.2. The van der Waals surface area contributed by atoms with Crippen molar-refractivity contribution in [1.29, 1.82) is 0 Å². The molecular weight excluding hydrogens is 233 g/mol.